The zero-order valence-corrected chi connectivity index (χ0v) is 21.7. The van der Waals surface area contributed by atoms with Gasteiger partial charge in [0.1, 0.15) is 12.0 Å². The number of amides is 1. The van der Waals surface area contributed by atoms with Crippen LogP contribution in [0.4, 0.5) is 0 Å². The van der Waals surface area contributed by atoms with E-state index >= 15 is 0 Å². The average molecular weight is 499 g/mol. The van der Waals surface area contributed by atoms with Gasteiger partial charge in [-0.15, -0.1) is 0 Å². The summed E-state index contributed by atoms with van der Waals surface area (Å²) in [4.78, 5) is 25.9. The molecule has 0 bridgehead atoms. The van der Waals surface area contributed by atoms with Crippen molar-refractivity contribution in [2.45, 2.75) is 64.0 Å². The molecule has 1 amide bonds. The maximum Gasteiger partial charge on any atom is 0.267 e. The quantitative estimate of drug-likeness (QED) is 0.383. The van der Waals surface area contributed by atoms with Crippen molar-refractivity contribution in [3.63, 3.8) is 0 Å². The smallest absolute Gasteiger partial charge is 0.267 e. The highest BCUT2D eigenvalue weighted by atomic mass is 16.1. The van der Waals surface area contributed by atoms with Crippen LogP contribution in [0.3, 0.4) is 0 Å². The number of hydrogen-bond acceptors (Lipinski definition) is 6. The fourth-order valence-electron chi connectivity index (χ4n) is 6.14. The van der Waals surface area contributed by atoms with E-state index in [-0.39, 0.29) is 11.1 Å². The Kier molecular flexibility index (Phi) is 5.82. The zero-order valence-electron chi connectivity index (χ0n) is 21.7. The van der Waals surface area contributed by atoms with Crippen molar-refractivity contribution in [2.24, 2.45) is 24.6 Å². The van der Waals surface area contributed by atoms with E-state index in [1.807, 2.05) is 37.8 Å². The molecule has 0 aliphatic heterocycles. The molecule has 4 aromatic rings. The molecule has 6 rings (SSSR count). The predicted molar refractivity (Wildman–Crippen MR) is 141 cm³/mol. The Labute approximate surface area is 216 Å². The number of carbonyl (C=O) groups excluding carboxylic acids is 1. The summed E-state index contributed by atoms with van der Waals surface area (Å²) in [5, 5.41) is 8.36. The van der Waals surface area contributed by atoms with Crippen molar-refractivity contribution in [3.05, 3.63) is 65.8 Å². The van der Waals surface area contributed by atoms with Crippen LogP contribution in [-0.4, -0.2) is 41.2 Å². The SMILES string of the molecule is CC1CC(c2cncc(-n3ccc4nc(C(N)=O)cc(CN[C@@H](C)C5CCC5)c43)c2)(c2ncn(C)n2)C1. The minimum absolute atomic E-state index is 0.230. The number of carbonyl (C=O) groups is 1. The Morgan fingerprint density at radius 3 is 2.73 bits per heavy atom. The van der Waals surface area contributed by atoms with Crippen LogP contribution in [0.5, 0.6) is 0 Å². The Hall–Kier alpha value is -3.59. The van der Waals surface area contributed by atoms with E-state index in [9.17, 15) is 4.79 Å². The Morgan fingerprint density at radius 2 is 2.08 bits per heavy atom. The molecule has 2 fully saturated rings. The van der Waals surface area contributed by atoms with E-state index in [0.29, 0.717) is 24.4 Å². The predicted octanol–water partition coefficient (Wildman–Crippen LogP) is 3.64. The van der Waals surface area contributed by atoms with Crippen LogP contribution in [0, 0.1) is 11.8 Å². The van der Waals surface area contributed by atoms with Crippen LogP contribution in [-0.2, 0) is 19.0 Å². The first-order valence-electron chi connectivity index (χ1n) is 13.2. The molecule has 0 aromatic carbocycles. The van der Waals surface area contributed by atoms with Crippen molar-refractivity contribution >= 4 is 16.9 Å². The first kappa shape index (κ1) is 23.8. The second-order valence-electron chi connectivity index (χ2n) is 11.1. The van der Waals surface area contributed by atoms with Gasteiger partial charge in [-0.05, 0) is 73.8 Å². The molecule has 9 nitrogen and oxygen atoms in total. The molecule has 9 heteroatoms. The van der Waals surface area contributed by atoms with Crippen molar-refractivity contribution in [3.8, 4) is 5.69 Å². The fourth-order valence-corrected chi connectivity index (χ4v) is 6.14. The summed E-state index contributed by atoms with van der Waals surface area (Å²) in [6, 6.07) is 6.37. The van der Waals surface area contributed by atoms with Crippen LogP contribution < -0.4 is 11.1 Å². The van der Waals surface area contributed by atoms with E-state index in [0.717, 1.165) is 46.5 Å². The molecule has 0 spiro atoms. The van der Waals surface area contributed by atoms with Gasteiger partial charge in [-0.1, -0.05) is 13.3 Å². The molecule has 2 aliphatic rings. The number of pyridine rings is 2. The molecule has 0 unspecified atom stereocenters. The van der Waals surface area contributed by atoms with E-state index in [1.54, 1.807) is 11.0 Å². The van der Waals surface area contributed by atoms with Gasteiger partial charge in [0.05, 0.1) is 28.3 Å². The first-order chi connectivity index (χ1) is 17.8. The molecule has 37 heavy (non-hydrogen) atoms. The third-order valence-corrected chi connectivity index (χ3v) is 8.42. The number of hydrogen-bond donors (Lipinski definition) is 2. The highest BCUT2D eigenvalue weighted by Crippen LogP contribution is 2.51. The Bertz CT molecular complexity index is 1460. The monoisotopic (exact) mass is 498 g/mol. The molecular weight excluding hydrogens is 464 g/mol. The van der Waals surface area contributed by atoms with Crippen molar-refractivity contribution in [1.29, 1.82) is 0 Å². The van der Waals surface area contributed by atoms with Gasteiger partial charge in [0.15, 0.2) is 5.82 Å². The standard InChI is InChI=1S/C28H34N8O/c1-17-11-28(12-17,27-32-16-35(3)34-27)21-10-22(15-30-14-21)36-8-7-23-25(36)20(9-24(33-23)26(29)37)13-31-18(2)19-5-4-6-19/h7-10,14-19,31H,4-6,11-13H2,1-3H3,(H2,29,37)/t17?,18-,28?/m0/s1. The van der Waals surface area contributed by atoms with E-state index in [1.165, 1.54) is 19.3 Å². The first-order valence-corrected chi connectivity index (χ1v) is 13.2. The molecule has 0 radical (unpaired) electrons. The minimum Gasteiger partial charge on any atom is -0.364 e. The van der Waals surface area contributed by atoms with Crippen molar-refractivity contribution in [1.82, 2.24) is 34.6 Å². The van der Waals surface area contributed by atoms with Crippen molar-refractivity contribution < 1.29 is 4.79 Å². The van der Waals surface area contributed by atoms with Gasteiger partial charge in [0.25, 0.3) is 5.91 Å². The molecule has 2 aliphatic carbocycles. The van der Waals surface area contributed by atoms with Gasteiger partial charge in [0, 0.05) is 32.0 Å². The average Bonchev–Trinajstić information content (AvgIpc) is 3.45. The lowest BCUT2D eigenvalue weighted by molar-refractivity contribution is 0.0996. The largest absolute Gasteiger partial charge is 0.364 e. The van der Waals surface area contributed by atoms with Gasteiger partial charge in [0.2, 0.25) is 0 Å². The second-order valence-corrected chi connectivity index (χ2v) is 11.1. The summed E-state index contributed by atoms with van der Waals surface area (Å²) >= 11 is 0. The van der Waals surface area contributed by atoms with Gasteiger partial charge in [-0.3, -0.25) is 14.5 Å². The lowest BCUT2D eigenvalue weighted by atomic mass is 9.59. The summed E-state index contributed by atoms with van der Waals surface area (Å²) in [7, 11) is 1.90. The van der Waals surface area contributed by atoms with E-state index in [2.05, 4.69) is 49.8 Å². The van der Waals surface area contributed by atoms with E-state index in [4.69, 9.17) is 5.73 Å². The number of rotatable bonds is 8. The number of nitrogens with zero attached hydrogens (tertiary/aromatic N) is 6. The maximum absolute atomic E-state index is 12.0. The number of fused-ring (bicyclic) bond motifs is 1. The summed E-state index contributed by atoms with van der Waals surface area (Å²) < 4.78 is 3.89. The second kappa shape index (κ2) is 9.06. The molecular formula is C28H34N8O. The minimum atomic E-state index is -0.518. The summed E-state index contributed by atoms with van der Waals surface area (Å²) in [5.74, 6) is 1.65. The van der Waals surface area contributed by atoms with Crippen molar-refractivity contribution in [2.75, 3.05) is 0 Å². The van der Waals surface area contributed by atoms with Crippen LogP contribution >= 0.6 is 0 Å². The molecule has 1 atom stereocenters. The lowest BCUT2D eigenvalue weighted by Gasteiger charge is -2.44. The number of nitrogens with two attached hydrogens (primary N) is 1. The Balaban J connectivity index is 1.41. The molecule has 3 N–H and O–H groups in total. The topological polar surface area (TPSA) is 117 Å². The van der Waals surface area contributed by atoms with Crippen LogP contribution in [0.25, 0.3) is 16.7 Å². The maximum atomic E-state index is 12.0. The highest BCUT2D eigenvalue weighted by Gasteiger charge is 2.48. The van der Waals surface area contributed by atoms with Crippen LogP contribution in [0.2, 0.25) is 0 Å². The number of aryl methyl sites for hydroxylation is 1. The third kappa shape index (κ3) is 4.11. The van der Waals surface area contributed by atoms with Crippen LogP contribution in [0.15, 0.2) is 43.1 Å². The van der Waals surface area contributed by atoms with Gasteiger partial charge in [-0.25, -0.2) is 9.97 Å². The number of aromatic nitrogens is 6. The van der Waals surface area contributed by atoms with Gasteiger partial charge < -0.3 is 15.6 Å². The van der Waals surface area contributed by atoms with Crippen LogP contribution in [0.1, 0.15) is 73.4 Å². The number of nitrogens with one attached hydrogen (secondary N) is 1. The zero-order chi connectivity index (χ0) is 25.7. The molecule has 192 valence electrons. The van der Waals surface area contributed by atoms with Gasteiger partial charge in [-0.2, -0.15) is 5.10 Å². The number of primary amides is 1. The highest BCUT2D eigenvalue weighted by molar-refractivity contribution is 5.94. The fraction of sp³-hybridized carbons (Fsp3) is 0.464. The molecule has 2 saturated carbocycles. The summed E-state index contributed by atoms with van der Waals surface area (Å²) in [6.07, 6.45) is 13.4. The molecule has 0 saturated heterocycles. The Morgan fingerprint density at radius 1 is 1.27 bits per heavy atom. The molecule has 4 heterocycles. The summed E-state index contributed by atoms with van der Waals surface area (Å²) in [6.45, 7) is 5.14. The third-order valence-electron chi connectivity index (χ3n) is 8.42. The normalized spacial score (nSPS) is 22.5. The molecule has 4 aromatic heterocycles. The summed E-state index contributed by atoms with van der Waals surface area (Å²) in [5.41, 5.74) is 10.5. The van der Waals surface area contributed by atoms with E-state index < -0.39 is 5.91 Å². The van der Waals surface area contributed by atoms with Gasteiger partial charge >= 0.3 is 0 Å². The lowest BCUT2D eigenvalue weighted by Crippen LogP contribution is -2.42.